The van der Waals surface area contributed by atoms with Gasteiger partial charge in [-0.3, -0.25) is 0 Å². The van der Waals surface area contributed by atoms with Crippen LogP contribution >= 0.6 is 0 Å². The Morgan fingerprint density at radius 2 is 1.86 bits per heavy atom. The number of aryl methyl sites for hydroxylation is 2. The Bertz CT molecular complexity index is 623. The van der Waals surface area contributed by atoms with E-state index in [1.165, 1.54) is 0 Å². The monoisotopic (exact) mass is 310 g/mol. The molecule has 1 aromatic carbocycles. The fourth-order valence-corrected chi connectivity index (χ4v) is 4.05. The van der Waals surface area contributed by atoms with E-state index in [1.807, 2.05) is 26.0 Å². The van der Waals surface area contributed by atoms with Crippen molar-refractivity contribution in [3.63, 3.8) is 0 Å². The summed E-state index contributed by atoms with van der Waals surface area (Å²) < 4.78 is 27.8. The summed E-state index contributed by atoms with van der Waals surface area (Å²) in [7, 11) is -3.42. The summed E-state index contributed by atoms with van der Waals surface area (Å²) in [6.45, 7) is 10.8. The predicted octanol–water partition coefficient (Wildman–Crippen LogP) is 2.49. The molecule has 21 heavy (non-hydrogen) atoms. The standard InChI is InChI=1S/C16H26N2O2S/c1-10(2)17-9-14-8-16(13(5)6-11(14)3)21(19,20)18-15-7-12(15)4/h6,8,10,12,15,17-18H,7,9H2,1-5H3. The first-order valence-corrected chi connectivity index (χ1v) is 9.05. The summed E-state index contributed by atoms with van der Waals surface area (Å²) in [4.78, 5) is 0.410. The summed E-state index contributed by atoms with van der Waals surface area (Å²) >= 11 is 0. The summed E-state index contributed by atoms with van der Waals surface area (Å²) in [5.41, 5.74) is 2.97. The van der Waals surface area contributed by atoms with Gasteiger partial charge in [0.15, 0.2) is 0 Å². The Morgan fingerprint density at radius 1 is 1.24 bits per heavy atom. The van der Waals surface area contributed by atoms with Crippen molar-refractivity contribution in [2.45, 2.75) is 64.6 Å². The van der Waals surface area contributed by atoms with Gasteiger partial charge in [-0.2, -0.15) is 0 Å². The Morgan fingerprint density at radius 3 is 2.38 bits per heavy atom. The molecule has 5 heteroatoms. The molecular weight excluding hydrogens is 284 g/mol. The lowest BCUT2D eigenvalue weighted by molar-refractivity contribution is 0.575. The Labute approximate surface area is 128 Å². The van der Waals surface area contributed by atoms with Gasteiger partial charge in [-0.05, 0) is 48.9 Å². The van der Waals surface area contributed by atoms with E-state index in [0.29, 0.717) is 23.4 Å². The molecular formula is C16H26N2O2S. The maximum atomic E-state index is 12.5. The van der Waals surface area contributed by atoms with Gasteiger partial charge in [-0.25, -0.2) is 13.1 Å². The number of hydrogen-bond donors (Lipinski definition) is 2. The second-order valence-electron chi connectivity index (χ2n) is 6.52. The van der Waals surface area contributed by atoms with Crippen molar-refractivity contribution in [3.8, 4) is 0 Å². The van der Waals surface area contributed by atoms with Crippen LogP contribution in [0.5, 0.6) is 0 Å². The normalized spacial score (nSPS) is 21.8. The lowest BCUT2D eigenvalue weighted by atomic mass is 10.1. The molecule has 0 heterocycles. The van der Waals surface area contributed by atoms with Crippen LogP contribution in [-0.4, -0.2) is 20.5 Å². The van der Waals surface area contributed by atoms with Crippen LogP contribution in [0.25, 0.3) is 0 Å². The molecule has 1 fully saturated rings. The van der Waals surface area contributed by atoms with Crippen LogP contribution in [0.4, 0.5) is 0 Å². The molecule has 2 rings (SSSR count). The highest BCUT2D eigenvalue weighted by molar-refractivity contribution is 7.89. The van der Waals surface area contributed by atoms with Crippen LogP contribution in [0.15, 0.2) is 17.0 Å². The first-order valence-electron chi connectivity index (χ1n) is 7.56. The SMILES string of the molecule is Cc1cc(C)c(S(=O)(=O)NC2CC2C)cc1CNC(C)C. The fraction of sp³-hybridized carbons (Fsp3) is 0.625. The first kappa shape index (κ1) is 16.5. The van der Waals surface area contributed by atoms with Gasteiger partial charge in [0.05, 0.1) is 4.90 Å². The molecule has 4 nitrogen and oxygen atoms in total. The molecule has 1 saturated carbocycles. The molecule has 0 aromatic heterocycles. The van der Waals surface area contributed by atoms with Crippen LogP contribution in [0, 0.1) is 19.8 Å². The lowest BCUT2D eigenvalue weighted by Gasteiger charge is -2.15. The van der Waals surface area contributed by atoms with Gasteiger partial charge < -0.3 is 5.32 Å². The van der Waals surface area contributed by atoms with Gasteiger partial charge in [0.25, 0.3) is 0 Å². The van der Waals surface area contributed by atoms with E-state index in [9.17, 15) is 8.42 Å². The smallest absolute Gasteiger partial charge is 0.241 e. The maximum Gasteiger partial charge on any atom is 0.241 e. The van der Waals surface area contributed by atoms with Gasteiger partial charge in [0.1, 0.15) is 0 Å². The zero-order valence-corrected chi connectivity index (χ0v) is 14.3. The molecule has 0 radical (unpaired) electrons. The van der Waals surface area contributed by atoms with E-state index in [-0.39, 0.29) is 6.04 Å². The van der Waals surface area contributed by atoms with Crippen molar-refractivity contribution < 1.29 is 8.42 Å². The minimum Gasteiger partial charge on any atom is -0.310 e. The van der Waals surface area contributed by atoms with Crippen molar-refractivity contribution in [3.05, 3.63) is 28.8 Å². The highest BCUT2D eigenvalue weighted by atomic mass is 32.2. The van der Waals surface area contributed by atoms with Crippen molar-refractivity contribution in [1.82, 2.24) is 10.0 Å². The van der Waals surface area contributed by atoms with E-state index in [1.54, 1.807) is 0 Å². The third kappa shape index (κ3) is 4.05. The summed E-state index contributed by atoms with van der Waals surface area (Å²) in [6.07, 6.45) is 0.936. The molecule has 1 aliphatic rings. The second kappa shape index (κ2) is 6.07. The molecule has 1 aromatic rings. The predicted molar refractivity (Wildman–Crippen MR) is 85.8 cm³/mol. The van der Waals surface area contributed by atoms with Gasteiger partial charge in [0, 0.05) is 18.6 Å². The van der Waals surface area contributed by atoms with E-state index in [0.717, 1.165) is 23.1 Å². The zero-order chi connectivity index (χ0) is 15.8. The van der Waals surface area contributed by atoms with Crippen molar-refractivity contribution in [1.29, 1.82) is 0 Å². The molecule has 1 aliphatic carbocycles. The molecule has 2 atom stereocenters. The van der Waals surface area contributed by atoms with Gasteiger partial charge in [-0.1, -0.05) is 26.8 Å². The third-order valence-corrected chi connectivity index (χ3v) is 5.67. The van der Waals surface area contributed by atoms with Gasteiger partial charge in [-0.15, -0.1) is 0 Å². The van der Waals surface area contributed by atoms with E-state index in [2.05, 4.69) is 30.8 Å². The van der Waals surface area contributed by atoms with Crippen LogP contribution in [0.2, 0.25) is 0 Å². The second-order valence-corrected chi connectivity index (χ2v) is 8.20. The summed E-state index contributed by atoms with van der Waals surface area (Å²) in [5, 5.41) is 3.35. The third-order valence-electron chi connectivity index (χ3n) is 4.04. The Kier molecular flexibility index (Phi) is 4.76. The first-order chi connectivity index (χ1) is 9.70. The molecule has 0 bridgehead atoms. The zero-order valence-electron chi connectivity index (χ0n) is 13.5. The van der Waals surface area contributed by atoms with E-state index < -0.39 is 10.0 Å². The average molecular weight is 310 g/mol. The summed E-state index contributed by atoms with van der Waals surface area (Å²) in [6, 6.07) is 4.25. The van der Waals surface area contributed by atoms with Gasteiger partial charge in [0.2, 0.25) is 10.0 Å². The number of rotatable bonds is 6. The largest absolute Gasteiger partial charge is 0.310 e. The number of hydrogen-bond acceptors (Lipinski definition) is 3. The number of nitrogens with one attached hydrogen (secondary N) is 2. The minimum absolute atomic E-state index is 0.105. The minimum atomic E-state index is -3.42. The molecule has 0 aliphatic heterocycles. The average Bonchev–Trinajstić information content (AvgIpc) is 3.02. The quantitative estimate of drug-likeness (QED) is 0.849. The molecule has 0 saturated heterocycles. The topological polar surface area (TPSA) is 58.2 Å². The highest BCUT2D eigenvalue weighted by Crippen LogP contribution is 2.31. The van der Waals surface area contributed by atoms with Crippen molar-refractivity contribution >= 4 is 10.0 Å². The van der Waals surface area contributed by atoms with Gasteiger partial charge >= 0.3 is 0 Å². The molecule has 2 N–H and O–H groups in total. The Balaban J connectivity index is 2.27. The number of sulfonamides is 1. The van der Waals surface area contributed by atoms with E-state index >= 15 is 0 Å². The van der Waals surface area contributed by atoms with Crippen LogP contribution < -0.4 is 10.0 Å². The van der Waals surface area contributed by atoms with Crippen LogP contribution in [-0.2, 0) is 16.6 Å². The highest BCUT2D eigenvalue weighted by Gasteiger charge is 2.36. The van der Waals surface area contributed by atoms with Crippen LogP contribution in [0.3, 0.4) is 0 Å². The maximum absolute atomic E-state index is 12.5. The van der Waals surface area contributed by atoms with Crippen molar-refractivity contribution in [2.24, 2.45) is 5.92 Å². The van der Waals surface area contributed by atoms with Crippen LogP contribution in [0.1, 0.15) is 43.9 Å². The summed E-state index contributed by atoms with van der Waals surface area (Å²) in [5.74, 6) is 0.451. The molecule has 0 spiro atoms. The lowest BCUT2D eigenvalue weighted by Crippen LogP contribution is -2.28. The fourth-order valence-electron chi connectivity index (χ4n) is 2.42. The molecule has 118 valence electrons. The number of benzene rings is 1. The Hall–Kier alpha value is -0.910. The van der Waals surface area contributed by atoms with Crippen molar-refractivity contribution in [2.75, 3.05) is 0 Å². The molecule has 2 unspecified atom stereocenters. The molecule has 0 amide bonds. The van der Waals surface area contributed by atoms with E-state index in [4.69, 9.17) is 0 Å².